The highest BCUT2D eigenvalue weighted by Gasteiger charge is 1.91. The molecule has 0 fully saturated rings. The molecule has 1 rings (SSSR count). The van der Waals surface area contributed by atoms with Crippen molar-refractivity contribution < 1.29 is 4.74 Å². The zero-order chi connectivity index (χ0) is 10.2. The molecule has 14 heavy (non-hydrogen) atoms. The normalized spacial score (nSPS) is 10.7. The third-order valence-corrected chi connectivity index (χ3v) is 2.20. The molecule has 0 N–H and O–H groups in total. The Morgan fingerprint density at radius 1 is 1.21 bits per heavy atom. The van der Waals surface area contributed by atoms with Crippen molar-refractivity contribution in [1.82, 2.24) is 0 Å². The summed E-state index contributed by atoms with van der Waals surface area (Å²) in [6.07, 6.45) is 7.37. The SMILES string of the molecule is CCCCc1ccc(C=COC)cc1. The molecule has 0 aliphatic rings. The molecule has 0 saturated heterocycles. The van der Waals surface area contributed by atoms with Gasteiger partial charge in [-0.15, -0.1) is 0 Å². The van der Waals surface area contributed by atoms with Crippen LogP contribution < -0.4 is 0 Å². The lowest BCUT2D eigenvalue weighted by Crippen LogP contribution is -1.84. The van der Waals surface area contributed by atoms with E-state index in [0.717, 1.165) is 0 Å². The number of aryl methyl sites for hydroxylation is 1. The van der Waals surface area contributed by atoms with Crippen molar-refractivity contribution in [3.05, 3.63) is 41.7 Å². The Morgan fingerprint density at radius 3 is 2.50 bits per heavy atom. The van der Waals surface area contributed by atoms with Gasteiger partial charge in [0.05, 0.1) is 13.4 Å². The third kappa shape index (κ3) is 3.65. The number of methoxy groups -OCH3 is 1. The van der Waals surface area contributed by atoms with Gasteiger partial charge in [0, 0.05) is 0 Å². The third-order valence-electron chi connectivity index (χ3n) is 2.20. The fourth-order valence-electron chi connectivity index (χ4n) is 1.32. The van der Waals surface area contributed by atoms with Crippen molar-refractivity contribution in [3.63, 3.8) is 0 Å². The first-order chi connectivity index (χ1) is 6.86. The molecule has 1 aromatic rings. The largest absolute Gasteiger partial charge is 0.504 e. The maximum absolute atomic E-state index is 4.86. The second-order valence-corrected chi connectivity index (χ2v) is 3.38. The van der Waals surface area contributed by atoms with Gasteiger partial charge in [0.15, 0.2) is 0 Å². The van der Waals surface area contributed by atoms with Crippen molar-refractivity contribution in [1.29, 1.82) is 0 Å². The monoisotopic (exact) mass is 190 g/mol. The summed E-state index contributed by atoms with van der Waals surface area (Å²) in [6, 6.07) is 8.62. The summed E-state index contributed by atoms with van der Waals surface area (Å²) >= 11 is 0. The van der Waals surface area contributed by atoms with Gasteiger partial charge in [-0.05, 0) is 30.0 Å². The standard InChI is InChI=1S/C13H18O/c1-3-4-5-12-6-8-13(9-7-12)10-11-14-2/h6-11H,3-5H2,1-2H3. The first-order valence-corrected chi connectivity index (χ1v) is 5.15. The summed E-state index contributed by atoms with van der Waals surface area (Å²) in [5.74, 6) is 0. The van der Waals surface area contributed by atoms with Crippen molar-refractivity contribution in [3.8, 4) is 0 Å². The van der Waals surface area contributed by atoms with E-state index in [0.29, 0.717) is 0 Å². The molecule has 0 heterocycles. The van der Waals surface area contributed by atoms with E-state index in [1.807, 2.05) is 6.08 Å². The average molecular weight is 190 g/mol. The van der Waals surface area contributed by atoms with Crippen LogP contribution in [0.25, 0.3) is 6.08 Å². The molecule has 1 nitrogen and oxygen atoms in total. The van der Waals surface area contributed by atoms with E-state index >= 15 is 0 Å². The highest BCUT2D eigenvalue weighted by atomic mass is 16.5. The van der Waals surface area contributed by atoms with Gasteiger partial charge in [-0.2, -0.15) is 0 Å². The molecule has 76 valence electrons. The molecule has 0 spiro atoms. The number of rotatable bonds is 5. The smallest absolute Gasteiger partial charge is 0.0830 e. The molecule has 0 saturated carbocycles. The van der Waals surface area contributed by atoms with Crippen LogP contribution in [-0.4, -0.2) is 7.11 Å². The van der Waals surface area contributed by atoms with Crippen molar-refractivity contribution >= 4 is 6.08 Å². The Kier molecular flexibility index (Phi) is 4.84. The molecule has 0 aliphatic heterocycles. The van der Waals surface area contributed by atoms with E-state index in [2.05, 4.69) is 31.2 Å². The Hall–Kier alpha value is -1.24. The van der Waals surface area contributed by atoms with Crippen molar-refractivity contribution in [2.75, 3.05) is 7.11 Å². The van der Waals surface area contributed by atoms with Crippen LogP contribution in [-0.2, 0) is 11.2 Å². The van der Waals surface area contributed by atoms with Gasteiger partial charge in [0.1, 0.15) is 0 Å². The van der Waals surface area contributed by atoms with E-state index < -0.39 is 0 Å². The Morgan fingerprint density at radius 2 is 1.93 bits per heavy atom. The van der Waals surface area contributed by atoms with Gasteiger partial charge in [0.25, 0.3) is 0 Å². The Bertz CT molecular complexity index is 272. The van der Waals surface area contributed by atoms with Crippen LogP contribution >= 0.6 is 0 Å². The number of hydrogen-bond donors (Lipinski definition) is 0. The number of hydrogen-bond acceptors (Lipinski definition) is 1. The Labute approximate surface area is 86.4 Å². The zero-order valence-electron chi connectivity index (χ0n) is 8.99. The van der Waals surface area contributed by atoms with Gasteiger partial charge < -0.3 is 4.74 Å². The second-order valence-electron chi connectivity index (χ2n) is 3.38. The number of ether oxygens (including phenoxy) is 1. The van der Waals surface area contributed by atoms with E-state index in [4.69, 9.17) is 4.74 Å². The van der Waals surface area contributed by atoms with Crippen LogP contribution in [0.3, 0.4) is 0 Å². The average Bonchev–Trinajstić information content (AvgIpc) is 2.25. The van der Waals surface area contributed by atoms with Gasteiger partial charge in [-0.25, -0.2) is 0 Å². The van der Waals surface area contributed by atoms with Crippen molar-refractivity contribution in [2.45, 2.75) is 26.2 Å². The first kappa shape index (κ1) is 10.8. The maximum atomic E-state index is 4.86. The molecule has 0 radical (unpaired) electrons. The molecule has 0 aliphatic carbocycles. The number of unbranched alkanes of at least 4 members (excludes halogenated alkanes) is 1. The van der Waals surface area contributed by atoms with Gasteiger partial charge in [-0.1, -0.05) is 37.6 Å². The lowest BCUT2D eigenvalue weighted by Gasteiger charge is -2.00. The fraction of sp³-hybridized carbons (Fsp3) is 0.385. The summed E-state index contributed by atoms with van der Waals surface area (Å²) in [5, 5.41) is 0. The van der Waals surface area contributed by atoms with Crippen LogP contribution in [0.2, 0.25) is 0 Å². The van der Waals surface area contributed by atoms with Gasteiger partial charge in [0.2, 0.25) is 0 Å². The zero-order valence-corrected chi connectivity index (χ0v) is 8.99. The highest BCUT2D eigenvalue weighted by Crippen LogP contribution is 2.08. The molecule has 0 unspecified atom stereocenters. The molecular formula is C13H18O. The Balaban J connectivity index is 2.54. The number of benzene rings is 1. The molecular weight excluding hydrogens is 172 g/mol. The quantitative estimate of drug-likeness (QED) is 0.644. The van der Waals surface area contributed by atoms with Crippen LogP contribution in [0.4, 0.5) is 0 Å². The first-order valence-electron chi connectivity index (χ1n) is 5.15. The van der Waals surface area contributed by atoms with Crippen LogP contribution in [0.15, 0.2) is 30.5 Å². The summed E-state index contributed by atoms with van der Waals surface area (Å²) in [4.78, 5) is 0. The molecule has 0 bridgehead atoms. The van der Waals surface area contributed by atoms with Crippen LogP contribution in [0.1, 0.15) is 30.9 Å². The van der Waals surface area contributed by atoms with Crippen LogP contribution in [0, 0.1) is 0 Å². The second kappa shape index (κ2) is 6.25. The minimum Gasteiger partial charge on any atom is -0.504 e. The summed E-state index contributed by atoms with van der Waals surface area (Å²) < 4.78 is 4.86. The molecule has 1 heteroatoms. The molecule has 0 atom stereocenters. The summed E-state index contributed by atoms with van der Waals surface area (Å²) in [7, 11) is 1.66. The van der Waals surface area contributed by atoms with E-state index in [1.165, 1.54) is 30.4 Å². The van der Waals surface area contributed by atoms with E-state index in [9.17, 15) is 0 Å². The maximum Gasteiger partial charge on any atom is 0.0830 e. The fourth-order valence-corrected chi connectivity index (χ4v) is 1.32. The molecule has 0 aromatic heterocycles. The topological polar surface area (TPSA) is 9.23 Å². The molecule has 0 amide bonds. The van der Waals surface area contributed by atoms with E-state index in [-0.39, 0.29) is 0 Å². The van der Waals surface area contributed by atoms with Crippen LogP contribution in [0.5, 0.6) is 0 Å². The lowest BCUT2D eigenvalue weighted by atomic mass is 10.1. The minimum atomic E-state index is 1.19. The van der Waals surface area contributed by atoms with Crippen molar-refractivity contribution in [2.24, 2.45) is 0 Å². The molecule has 1 aromatic carbocycles. The summed E-state index contributed by atoms with van der Waals surface area (Å²) in [5.41, 5.74) is 2.61. The van der Waals surface area contributed by atoms with Gasteiger partial charge >= 0.3 is 0 Å². The highest BCUT2D eigenvalue weighted by molar-refractivity contribution is 5.48. The van der Waals surface area contributed by atoms with Gasteiger partial charge in [-0.3, -0.25) is 0 Å². The lowest BCUT2D eigenvalue weighted by molar-refractivity contribution is 0.341. The summed E-state index contributed by atoms with van der Waals surface area (Å²) in [6.45, 7) is 2.22. The predicted octanol–water partition coefficient (Wildman–Crippen LogP) is 3.65. The minimum absolute atomic E-state index is 1.19. The predicted molar refractivity (Wildman–Crippen MR) is 61.1 cm³/mol. The van der Waals surface area contributed by atoms with E-state index in [1.54, 1.807) is 13.4 Å².